The number of hydrogen-bond donors (Lipinski definition) is 2. The van der Waals surface area contributed by atoms with Crippen LogP contribution in [0.15, 0.2) is 0 Å². The average Bonchev–Trinajstić information content (AvgIpc) is 2.62. The minimum atomic E-state index is -3.67. The van der Waals surface area contributed by atoms with E-state index < -0.39 is 21.7 Å². The first kappa shape index (κ1) is 13.4. The molecule has 1 aliphatic rings. The second-order valence-corrected chi connectivity index (χ2v) is 6.34. The number of carbonyl (C=O) groups is 1. The third-order valence-corrected chi connectivity index (χ3v) is 4.61. The molecule has 5 nitrogen and oxygen atoms in total. The van der Waals surface area contributed by atoms with Crippen molar-refractivity contribution in [2.45, 2.75) is 39.0 Å². The van der Waals surface area contributed by atoms with Crippen molar-refractivity contribution >= 4 is 16.0 Å². The van der Waals surface area contributed by atoms with Crippen molar-refractivity contribution in [3.8, 4) is 0 Å². The molecule has 0 heterocycles. The van der Waals surface area contributed by atoms with E-state index in [1.807, 2.05) is 0 Å². The first-order valence-electron chi connectivity index (χ1n) is 5.58. The normalized spacial score (nSPS) is 19.8. The molecule has 0 aliphatic heterocycles. The van der Waals surface area contributed by atoms with Crippen LogP contribution in [0.1, 0.15) is 39.0 Å². The van der Waals surface area contributed by atoms with Gasteiger partial charge in [-0.2, -0.15) is 0 Å². The average molecular weight is 249 g/mol. The zero-order chi connectivity index (χ0) is 12.2. The molecule has 1 aliphatic carbocycles. The maximum absolute atomic E-state index is 11.4. The summed E-state index contributed by atoms with van der Waals surface area (Å²) in [5.74, 6) is -2.16. The van der Waals surface area contributed by atoms with E-state index in [2.05, 4.69) is 11.6 Å². The van der Waals surface area contributed by atoms with E-state index in [1.165, 1.54) is 0 Å². The minimum Gasteiger partial charge on any atom is -0.480 e. The van der Waals surface area contributed by atoms with Crippen LogP contribution in [0.4, 0.5) is 0 Å². The summed E-state index contributed by atoms with van der Waals surface area (Å²) in [7, 11) is -3.67. The molecule has 0 amide bonds. The van der Waals surface area contributed by atoms with Crippen LogP contribution in [0, 0.1) is 5.41 Å². The number of rotatable bonds is 6. The second-order valence-electron chi connectivity index (χ2n) is 4.53. The Morgan fingerprint density at radius 3 is 2.38 bits per heavy atom. The van der Waals surface area contributed by atoms with Gasteiger partial charge in [-0.05, 0) is 24.7 Å². The summed E-state index contributed by atoms with van der Waals surface area (Å²) in [5.41, 5.74) is 0.0472. The van der Waals surface area contributed by atoms with Gasteiger partial charge in [0.05, 0.1) is 0 Å². The Balaban J connectivity index is 2.52. The lowest BCUT2D eigenvalue weighted by atomic mass is 9.84. The molecule has 0 saturated heterocycles. The van der Waals surface area contributed by atoms with Crippen molar-refractivity contribution in [2.75, 3.05) is 12.3 Å². The summed E-state index contributed by atoms with van der Waals surface area (Å²) in [4.78, 5) is 10.3. The van der Waals surface area contributed by atoms with Crippen LogP contribution in [0.3, 0.4) is 0 Å². The summed E-state index contributed by atoms with van der Waals surface area (Å²) >= 11 is 0. The van der Waals surface area contributed by atoms with E-state index >= 15 is 0 Å². The number of nitrogens with one attached hydrogen (secondary N) is 1. The fourth-order valence-corrected chi connectivity index (χ4v) is 3.21. The second kappa shape index (κ2) is 5.14. The van der Waals surface area contributed by atoms with E-state index in [0.29, 0.717) is 6.54 Å². The lowest BCUT2D eigenvalue weighted by molar-refractivity contribution is -0.134. The molecule has 0 aromatic carbocycles. The smallest absolute Gasteiger partial charge is 0.320 e. The molecule has 0 bridgehead atoms. The first-order valence-corrected chi connectivity index (χ1v) is 7.23. The zero-order valence-electron chi connectivity index (χ0n) is 9.53. The highest BCUT2D eigenvalue weighted by molar-refractivity contribution is 7.90. The van der Waals surface area contributed by atoms with Crippen LogP contribution in [0.5, 0.6) is 0 Å². The fraction of sp³-hybridized carbons (Fsp3) is 0.900. The highest BCUT2D eigenvalue weighted by atomic mass is 32.2. The summed E-state index contributed by atoms with van der Waals surface area (Å²) < 4.78 is 25.1. The standard InChI is InChI=1S/C10H19NO4S/c1-2-10(5-3-4-6-10)8-11-16(14,15)7-9(12)13/h11H,2-8H2,1H3,(H,12,13). The van der Waals surface area contributed by atoms with Gasteiger partial charge in [0, 0.05) is 6.54 Å². The monoisotopic (exact) mass is 249 g/mol. The Morgan fingerprint density at radius 1 is 1.38 bits per heavy atom. The van der Waals surface area contributed by atoms with Gasteiger partial charge in [-0.15, -0.1) is 0 Å². The molecule has 0 aromatic rings. The molecular formula is C10H19NO4S. The van der Waals surface area contributed by atoms with Gasteiger partial charge in [-0.1, -0.05) is 19.8 Å². The van der Waals surface area contributed by atoms with Gasteiger partial charge < -0.3 is 5.11 Å². The molecule has 1 saturated carbocycles. The van der Waals surface area contributed by atoms with Crippen molar-refractivity contribution in [1.82, 2.24) is 4.72 Å². The third-order valence-electron chi connectivity index (χ3n) is 3.39. The lowest BCUT2D eigenvalue weighted by Gasteiger charge is -2.27. The number of aliphatic carboxylic acids is 1. The SMILES string of the molecule is CCC1(CNS(=O)(=O)CC(=O)O)CCCC1. The largest absolute Gasteiger partial charge is 0.480 e. The Bertz CT molecular complexity index is 344. The molecule has 16 heavy (non-hydrogen) atoms. The Hall–Kier alpha value is -0.620. The van der Waals surface area contributed by atoms with Gasteiger partial charge in [0.15, 0.2) is 5.75 Å². The van der Waals surface area contributed by atoms with Crippen LogP contribution in [0.25, 0.3) is 0 Å². The highest BCUT2D eigenvalue weighted by Crippen LogP contribution is 2.40. The van der Waals surface area contributed by atoms with Gasteiger partial charge in [0.2, 0.25) is 10.0 Å². The van der Waals surface area contributed by atoms with Crippen LogP contribution in [0.2, 0.25) is 0 Å². The molecular weight excluding hydrogens is 230 g/mol. The molecule has 1 fully saturated rings. The molecule has 0 unspecified atom stereocenters. The highest BCUT2D eigenvalue weighted by Gasteiger charge is 2.33. The van der Waals surface area contributed by atoms with Gasteiger partial charge in [0.1, 0.15) is 0 Å². The van der Waals surface area contributed by atoms with Crippen LogP contribution in [-0.2, 0) is 14.8 Å². The first-order chi connectivity index (χ1) is 7.39. The quantitative estimate of drug-likeness (QED) is 0.734. The van der Waals surface area contributed by atoms with Gasteiger partial charge in [-0.25, -0.2) is 13.1 Å². The molecule has 0 atom stereocenters. The summed E-state index contributed by atoms with van der Waals surface area (Å²) in [6, 6.07) is 0. The Morgan fingerprint density at radius 2 is 1.94 bits per heavy atom. The maximum atomic E-state index is 11.4. The number of carboxylic acids is 1. The number of hydrogen-bond acceptors (Lipinski definition) is 3. The van der Waals surface area contributed by atoms with Crippen molar-refractivity contribution < 1.29 is 18.3 Å². The predicted molar refractivity (Wildman–Crippen MR) is 60.6 cm³/mol. The number of carboxylic acid groups (broad SMARTS) is 1. The molecule has 0 radical (unpaired) electrons. The zero-order valence-corrected chi connectivity index (χ0v) is 10.3. The topological polar surface area (TPSA) is 83.5 Å². The van der Waals surface area contributed by atoms with Crippen molar-refractivity contribution in [2.24, 2.45) is 5.41 Å². The lowest BCUT2D eigenvalue weighted by Crippen LogP contribution is -2.38. The predicted octanol–water partition coefficient (Wildman–Crippen LogP) is 0.961. The molecule has 0 aromatic heterocycles. The molecule has 0 spiro atoms. The van der Waals surface area contributed by atoms with Gasteiger partial charge in [-0.3, -0.25) is 4.79 Å². The van der Waals surface area contributed by atoms with E-state index in [4.69, 9.17) is 5.11 Å². The molecule has 6 heteroatoms. The Labute approximate surface area is 96.3 Å². The van der Waals surface area contributed by atoms with Crippen molar-refractivity contribution in [1.29, 1.82) is 0 Å². The van der Waals surface area contributed by atoms with Crippen LogP contribution >= 0.6 is 0 Å². The summed E-state index contributed by atoms with van der Waals surface area (Å²) in [6.07, 6.45) is 5.25. The van der Waals surface area contributed by atoms with E-state index in [1.54, 1.807) is 0 Å². The molecule has 2 N–H and O–H groups in total. The third kappa shape index (κ3) is 3.75. The van der Waals surface area contributed by atoms with E-state index in [0.717, 1.165) is 32.1 Å². The maximum Gasteiger partial charge on any atom is 0.320 e. The van der Waals surface area contributed by atoms with Gasteiger partial charge >= 0.3 is 5.97 Å². The van der Waals surface area contributed by atoms with Crippen molar-refractivity contribution in [3.05, 3.63) is 0 Å². The fourth-order valence-electron chi connectivity index (χ4n) is 2.26. The summed E-state index contributed by atoms with van der Waals surface area (Å²) in [5, 5.41) is 8.44. The van der Waals surface area contributed by atoms with E-state index in [9.17, 15) is 13.2 Å². The van der Waals surface area contributed by atoms with Crippen LogP contribution in [-0.4, -0.2) is 31.8 Å². The summed E-state index contributed by atoms with van der Waals surface area (Å²) in [6.45, 7) is 2.43. The Kier molecular flexibility index (Phi) is 4.32. The minimum absolute atomic E-state index is 0.0472. The van der Waals surface area contributed by atoms with E-state index in [-0.39, 0.29) is 5.41 Å². The van der Waals surface area contributed by atoms with Gasteiger partial charge in [0.25, 0.3) is 0 Å². The van der Waals surface area contributed by atoms with Crippen molar-refractivity contribution in [3.63, 3.8) is 0 Å². The number of sulfonamides is 1. The van der Waals surface area contributed by atoms with Crippen LogP contribution < -0.4 is 4.72 Å². The molecule has 1 rings (SSSR count). The molecule has 94 valence electrons.